The summed E-state index contributed by atoms with van der Waals surface area (Å²) in [5.74, 6) is -0.217. The van der Waals surface area contributed by atoms with E-state index in [0.717, 1.165) is 5.56 Å². The lowest BCUT2D eigenvalue weighted by atomic mass is 10.1. The predicted molar refractivity (Wildman–Crippen MR) is 89.1 cm³/mol. The molecule has 1 amide bonds. The summed E-state index contributed by atoms with van der Waals surface area (Å²) in [5.41, 5.74) is 1.28. The normalized spacial score (nSPS) is 12.6. The van der Waals surface area contributed by atoms with Gasteiger partial charge in [0.25, 0.3) is 0 Å². The molecule has 2 rings (SSSR count). The van der Waals surface area contributed by atoms with E-state index in [1.54, 1.807) is 6.07 Å². The fourth-order valence-corrected chi connectivity index (χ4v) is 3.24. The first kappa shape index (κ1) is 16.5. The van der Waals surface area contributed by atoms with Crippen molar-refractivity contribution in [1.82, 2.24) is 0 Å². The molecule has 5 nitrogen and oxygen atoms in total. The van der Waals surface area contributed by atoms with Crippen LogP contribution in [-0.4, -0.2) is 20.6 Å². The molecule has 0 aliphatic heterocycles. The van der Waals surface area contributed by atoms with Crippen molar-refractivity contribution in [2.24, 2.45) is 5.14 Å². The molecule has 0 saturated heterocycles. The van der Waals surface area contributed by atoms with Crippen LogP contribution >= 0.6 is 11.8 Å². The number of anilines is 1. The van der Waals surface area contributed by atoms with Crippen molar-refractivity contribution in [3.63, 3.8) is 0 Å². The van der Waals surface area contributed by atoms with Crippen LogP contribution in [0.4, 0.5) is 5.69 Å². The second-order valence-electron chi connectivity index (χ2n) is 4.59. The molecule has 2 aromatic carbocycles. The van der Waals surface area contributed by atoms with Gasteiger partial charge in [0.1, 0.15) is 5.25 Å². The van der Waals surface area contributed by atoms with Gasteiger partial charge in [-0.05, 0) is 30.0 Å². The SMILES string of the molecule is CS[C@H](C(=O)Nc1cccc(S(N)(=O)=O)c1)c1ccccc1. The molecule has 0 spiro atoms. The van der Waals surface area contributed by atoms with Crippen LogP contribution in [-0.2, 0) is 14.8 Å². The van der Waals surface area contributed by atoms with Crippen molar-refractivity contribution >= 4 is 33.4 Å². The van der Waals surface area contributed by atoms with Gasteiger partial charge in [0, 0.05) is 5.69 Å². The number of primary sulfonamides is 1. The van der Waals surface area contributed by atoms with Crippen molar-refractivity contribution < 1.29 is 13.2 Å². The number of nitrogens with one attached hydrogen (secondary N) is 1. The average Bonchev–Trinajstić information content (AvgIpc) is 2.48. The van der Waals surface area contributed by atoms with E-state index in [4.69, 9.17) is 5.14 Å². The third-order valence-electron chi connectivity index (χ3n) is 3.01. The van der Waals surface area contributed by atoms with E-state index in [9.17, 15) is 13.2 Å². The van der Waals surface area contributed by atoms with Crippen LogP contribution in [0.2, 0.25) is 0 Å². The summed E-state index contributed by atoms with van der Waals surface area (Å²) in [7, 11) is -3.80. The summed E-state index contributed by atoms with van der Waals surface area (Å²) >= 11 is 1.41. The Morgan fingerprint density at radius 1 is 1.14 bits per heavy atom. The molecular formula is C15H16N2O3S2. The van der Waals surface area contributed by atoms with E-state index in [0.29, 0.717) is 5.69 Å². The number of amides is 1. The molecule has 0 bridgehead atoms. The smallest absolute Gasteiger partial charge is 0.241 e. The van der Waals surface area contributed by atoms with Crippen molar-refractivity contribution in [2.45, 2.75) is 10.1 Å². The molecule has 0 fully saturated rings. The monoisotopic (exact) mass is 336 g/mol. The third-order valence-corrected chi connectivity index (χ3v) is 4.87. The van der Waals surface area contributed by atoms with Crippen molar-refractivity contribution in [3.8, 4) is 0 Å². The Bertz CT molecular complexity index is 761. The molecule has 0 aliphatic carbocycles. The number of thioether (sulfide) groups is 1. The molecule has 7 heteroatoms. The van der Waals surface area contributed by atoms with Crippen LogP contribution in [0.25, 0.3) is 0 Å². The molecule has 0 saturated carbocycles. The number of nitrogens with two attached hydrogens (primary N) is 1. The van der Waals surface area contributed by atoms with Gasteiger partial charge in [-0.3, -0.25) is 4.79 Å². The summed E-state index contributed by atoms with van der Waals surface area (Å²) < 4.78 is 22.7. The van der Waals surface area contributed by atoms with Gasteiger partial charge >= 0.3 is 0 Å². The lowest BCUT2D eigenvalue weighted by Crippen LogP contribution is -2.19. The molecule has 22 heavy (non-hydrogen) atoms. The zero-order valence-corrected chi connectivity index (χ0v) is 13.5. The summed E-state index contributed by atoms with van der Waals surface area (Å²) in [6.45, 7) is 0. The maximum absolute atomic E-state index is 12.4. The lowest BCUT2D eigenvalue weighted by molar-refractivity contribution is -0.115. The summed E-state index contributed by atoms with van der Waals surface area (Å²) in [5, 5.41) is 7.44. The van der Waals surface area contributed by atoms with E-state index < -0.39 is 10.0 Å². The van der Waals surface area contributed by atoms with Crippen LogP contribution in [0.5, 0.6) is 0 Å². The van der Waals surface area contributed by atoms with Crippen LogP contribution in [0.1, 0.15) is 10.8 Å². The highest BCUT2D eigenvalue weighted by Gasteiger charge is 2.19. The minimum Gasteiger partial charge on any atom is -0.325 e. The largest absolute Gasteiger partial charge is 0.325 e. The number of rotatable bonds is 5. The molecule has 0 unspecified atom stereocenters. The molecule has 3 N–H and O–H groups in total. The third kappa shape index (κ3) is 4.09. The zero-order chi connectivity index (χ0) is 16.2. The molecule has 0 aliphatic rings. The Morgan fingerprint density at radius 2 is 1.82 bits per heavy atom. The topological polar surface area (TPSA) is 89.3 Å². The fraction of sp³-hybridized carbons (Fsp3) is 0.133. The molecule has 116 valence electrons. The van der Waals surface area contributed by atoms with Crippen LogP contribution < -0.4 is 10.5 Å². The lowest BCUT2D eigenvalue weighted by Gasteiger charge is -2.15. The number of sulfonamides is 1. The number of hydrogen-bond donors (Lipinski definition) is 2. The maximum atomic E-state index is 12.4. The standard InChI is InChI=1S/C15H16N2O3S2/c1-21-14(11-6-3-2-4-7-11)15(18)17-12-8-5-9-13(10-12)22(16,19)20/h2-10,14H,1H3,(H,17,18)(H2,16,19,20)/t14-/m0/s1. The summed E-state index contributed by atoms with van der Waals surface area (Å²) in [6.07, 6.45) is 1.85. The Labute approximate surface area is 134 Å². The van der Waals surface area contributed by atoms with Crippen molar-refractivity contribution in [3.05, 3.63) is 60.2 Å². The summed E-state index contributed by atoms with van der Waals surface area (Å²) in [6, 6.07) is 15.3. The van der Waals surface area contributed by atoms with Crippen LogP contribution in [0, 0.1) is 0 Å². The average molecular weight is 336 g/mol. The minimum absolute atomic E-state index is 0.0364. The Morgan fingerprint density at radius 3 is 2.41 bits per heavy atom. The number of benzene rings is 2. The van der Waals surface area contributed by atoms with Crippen molar-refractivity contribution in [1.29, 1.82) is 0 Å². The highest BCUT2D eigenvalue weighted by molar-refractivity contribution is 7.99. The van der Waals surface area contributed by atoms with E-state index in [1.807, 2.05) is 36.6 Å². The first-order valence-corrected chi connectivity index (χ1v) is 9.26. The van der Waals surface area contributed by atoms with Crippen LogP contribution in [0.15, 0.2) is 59.5 Å². The second kappa shape index (κ2) is 6.95. The number of carbonyl (C=O) groups excluding carboxylic acids is 1. The van der Waals surface area contributed by atoms with Gasteiger partial charge in [-0.25, -0.2) is 13.6 Å². The van der Waals surface area contributed by atoms with Gasteiger partial charge in [0.15, 0.2) is 0 Å². The molecule has 1 atom stereocenters. The minimum atomic E-state index is -3.80. The molecule has 0 radical (unpaired) electrons. The Balaban J connectivity index is 2.21. The predicted octanol–water partition coefficient (Wildman–Crippen LogP) is 2.38. The van der Waals surface area contributed by atoms with Crippen molar-refractivity contribution in [2.75, 3.05) is 11.6 Å². The highest BCUT2D eigenvalue weighted by atomic mass is 32.2. The van der Waals surface area contributed by atoms with E-state index in [1.165, 1.54) is 30.0 Å². The first-order chi connectivity index (χ1) is 10.4. The van der Waals surface area contributed by atoms with E-state index in [-0.39, 0.29) is 16.1 Å². The molecule has 2 aromatic rings. The van der Waals surface area contributed by atoms with Gasteiger partial charge in [-0.15, -0.1) is 11.8 Å². The van der Waals surface area contributed by atoms with Gasteiger partial charge in [0.05, 0.1) is 4.90 Å². The maximum Gasteiger partial charge on any atom is 0.241 e. The molecule has 0 heterocycles. The molecular weight excluding hydrogens is 320 g/mol. The summed E-state index contributed by atoms with van der Waals surface area (Å²) in [4.78, 5) is 12.4. The van der Waals surface area contributed by atoms with E-state index in [2.05, 4.69) is 5.32 Å². The Hall–Kier alpha value is -1.83. The Kier molecular flexibility index (Phi) is 5.23. The number of carbonyl (C=O) groups is 1. The second-order valence-corrected chi connectivity index (χ2v) is 7.09. The van der Waals surface area contributed by atoms with Gasteiger partial charge < -0.3 is 5.32 Å². The molecule has 0 aromatic heterocycles. The van der Waals surface area contributed by atoms with Gasteiger partial charge in [-0.1, -0.05) is 36.4 Å². The van der Waals surface area contributed by atoms with E-state index >= 15 is 0 Å². The van der Waals surface area contributed by atoms with Gasteiger partial charge in [-0.2, -0.15) is 0 Å². The number of hydrogen-bond acceptors (Lipinski definition) is 4. The highest BCUT2D eigenvalue weighted by Crippen LogP contribution is 2.28. The zero-order valence-electron chi connectivity index (χ0n) is 11.9. The first-order valence-electron chi connectivity index (χ1n) is 6.43. The quantitative estimate of drug-likeness (QED) is 0.877. The fourth-order valence-electron chi connectivity index (χ4n) is 1.98. The van der Waals surface area contributed by atoms with Crippen LogP contribution in [0.3, 0.4) is 0 Å². The van der Waals surface area contributed by atoms with Gasteiger partial charge in [0.2, 0.25) is 15.9 Å².